The summed E-state index contributed by atoms with van der Waals surface area (Å²) in [4.78, 5) is 24.2. The van der Waals surface area contributed by atoms with E-state index in [-0.39, 0.29) is 18.8 Å². The Morgan fingerprint density at radius 3 is 2.53 bits per heavy atom. The summed E-state index contributed by atoms with van der Waals surface area (Å²) in [7, 11) is 0. The molecule has 5 heteroatoms. The van der Waals surface area contributed by atoms with E-state index in [1.165, 1.54) is 11.3 Å². The van der Waals surface area contributed by atoms with Gasteiger partial charge >= 0.3 is 5.97 Å². The molecule has 0 aliphatic rings. The number of Topliss-reactive ketones (excluding diaryl/α,β-unsaturated/α-hetero) is 1. The van der Waals surface area contributed by atoms with Crippen LogP contribution in [0.3, 0.4) is 0 Å². The number of hydrogen-bond acceptors (Lipinski definition) is 4. The fourth-order valence-electron chi connectivity index (χ4n) is 1.47. The summed E-state index contributed by atoms with van der Waals surface area (Å²) >= 11 is 7.21. The lowest BCUT2D eigenvalue weighted by molar-refractivity contribution is -0.141. The van der Waals surface area contributed by atoms with Crippen molar-refractivity contribution in [2.45, 2.75) is 6.42 Å². The largest absolute Gasteiger partial charge is 0.457 e. The number of ether oxygens (including phenoxy) is 1. The fraction of sp³-hybridized carbons (Fsp3) is 0.143. The first-order valence-electron chi connectivity index (χ1n) is 5.62. The van der Waals surface area contributed by atoms with Gasteiger partial charge in [0.25, 0.3) is 0 Å². The summed E-state index contributed by atoms with van der Waals surface area (Å²) in [5, 5.41) is 2.45. The summed E-state index contributed by atoms with van der Waals surface area (Å²) in [6, 6.07) is 10.2. The number of rotatable bonds is 5. The molecule has 0 aliphatic heterocycles. The standard InChI is InChI=1S/C14H11ClO3S/c15-11-5-3-10(4-6-11)13(16)9-18-14(17)8-12-2-1-7-19-12/h1-7H,8-9H2. The Balaban J connectivity index is 1.83. The van der Waals surface area contributed by atoms with Gasteiger partial charge in [-0.15, -0.1) is 11.3 Å². The van der Waals surface area contributed by atoms with Crippen LogP contribution in [0, 0.1) is 0 Å². The number of ketones is 1. The van der Waals surface area contributed by atoms with Crippen LogP contribution in [0.4, 0.5) is 0 Å². The van der Waals surface area contributed by atoms with Crippen LogP contribution in [0.25, 0.3) is 0 Å². The molecule has 2 aromatic rings. The lowest BCUT2D eigenvalue weighted by atomic mass is 10.1. The van der Waals surface area contributed by atoms with Crippen molar-refractivity contribution in [3.05, 3.63) is 57.2 Å². The molecule has 0 saturated carbocycles. The zero-order chi connectivity index (χ0) is 13.7. The Morgan fingerprint density at radius 1 is 1.16 bits per heavy atom. The van der Waals surface area contributed by atoms with Crippen molar-refractivity contribution in [1.29, 1.82) is 0 Å². The van der Waals surface area contributed by atoms with E-state index in [4.69, 9.17) is 16.3 Å². The first-order chi connectivity index (χ1) is 9.15. The Kier molecular flexibility index (Phi) is 4.71. The molecular weight excluding hydrogens is 284 g/mol. The zero-order valence-electron chi connectivity index (χ0n) is 9.97. The minimum absolute atomic E-state index is 0.200. The third-order valence-electron chi connectivity index (χ3n) is 2.43. The summed E-state index contributed by atoms with van der Waals surface area (Å²) in [5.41, 5.74) is 0.480. The molecule has 1 aromatic heterocycles. The molecule has 0 radical (unpaired) electrons. The molecule has 98 valence electrons. The predicted octanol–water partition coefficient (Wildman–Crippen LogP) is 3.37. The van der Waals surface area contributed by atoms with Crippen LogP contribution in [0.1, 0.15) is 15.2 Å². The summed E-state index contributed by atoms with van der Waals surface area (Å²) in [6.45, 7) is -0.244. The number of carbonyl (C=O) groups is 2. The fourth-order valence-corrected chi connectivity index (χ4v) is 2.29. The van der Waals surface area contributed by atoms with Crippen LogP contribution < -0.4 is 0 Å². The maximum Gasteiger partial charge on any atom is 0.311 e. The van der Waals surface area contributed by atoms with Gasteiger partial charge in [0, 0.05) is 15.5 Å². The second kappa shape index (κ2) is 6.50. The van der Waals surface area contributed by atoms with Crippen molar-refractivity contribution in [3.63, 3.8) is 0 Å². The van der Waals surface area contributed by atoms with E-state index in [1.807, 2.05) is 17.5 Å². The van der Waals surface area contributed by atoms with Crippen LogP contribution >= 0.6 is 22.9 Å². The monoisotopic (exact) mass is 294 g/mol. The van der Waals surface area contributed by atoms with Crippen LogP contribution in [0.2, 0.25) is 5.02 Å². The maximum atomic E-state index is 11.7. The average molecular weight is 295 g/mol. The number of hydrogen-bond donors (Lipinski definition) is 0. The predicted molar refractivity (Wildman–Crippen MR) is 74.8 cm³/mol. The molecule has 0 unspecified atom stereocenters. The van der Waals surface area contributed by atoms with E-state index in [0.29, 0.717) is 10.6 Å². The SMILES string of the molecule is O=C(Cc1cccs1)OCC(=O)c1ccc(Cl)cc1. The van der Waals surface area contributed by atoms with E-state index < -0.39 is 5.97 Å². The van der Waals surface area contributed by atoms with E-state index in [1.54, 1.807) is 24.3 Å². The Labute approximate surface area is 119 Å². The van der Waals surface area contributed by atoms with E-state index in [2.05, 4.69) is 0 Å². The number of thiophene rings is 1. The van der Waals surface area contributed by atoms with Gasteiger partial charge in [-0.05, 0) is 35.7 Å². The van der Waals surface area contributed by atoms with Gasteiger partial charge in [-0.1, -0.05) is 17.7 Å². The smallest absolute Gasteiger partial charge is 0.311 e. The number of carbonyl (C=O) groups excluding carboxylic acids is 2. The van der Waals surface area contributed by atoms with Crippen LogP contribution in [0.5, 0.6) is 0 Å². The molecule has 0 N–H and O–H groups in total. The molecule has 0 saturated heterocycles. The first kappa shape index (κ1) is 13.8. The average Bonchev–Trinajstić information content (AvgIpc) is 2.89. The van der Waals surface area contributed by atoms with Crippen molar-refractivity contribution in [1.82, 2.24) is 0 Å². The lowest BCUT2D eigenvalue weighted by Gasteiger charge is -2.03. The van der Waals surface area contributed by atoms with Gasteiger partial charge in [0.2, 0.25) is 0 Å². The third kappa shape index (κ3) is 4.19. The highest BCUT2D eigenvalue weighted by Crippen LogP contribution is 2.11. The van der Waals surface area contributed by atoms with E-state index >= 15 is 0 Å². The molecular formula is C14H11ClO3S. The highest BCUT2D eigenvalue weighted by Gasteiger charge is 2.10. The molecule has 1 heterocycles. The van der Waals surface area contributed by atoms with Gasteiger partial charge in [-0.3, -0.25) is 9.59 Å². The van der Waals surface area contributed by atoms with Crippen molar-refractivity contribution in [3.8, 4) is 0 Å². The first-order valence-corrected chi connectivity index (χ1v) is 6.87. The van der Waals surface area contributed by atoms with Gasteiger partial charge in [-0.25, -0.2) is 0 Å². The van der Waals surface area contributed by atoms with Crippen LogP contribution in [-0.2, 0) is 16.0 Å². The highest BCUT2D eigenvalue weighted by molar-refractivity contribution is 7.10. The summed E-state index contributed by atoms with van der Waals surface area (Å²) in [6.07, 6.45) is 0.200. The minimum atomic E-state index is -0.398. The van der Waals surface area contributed by atoms with Crippen LogP contribution in [0.15, 0.2) is 41.8 Å². The molecule has 0 spiro atoms. The van der Waals surface area contributed by atoms with Crippen molar-refractivity contribution < 1.29 is 14.3 Å². The normalized spacial score (nSPS) is 10.2. The molecule has 0 bridgehead atoms. The molecule has 0 atom stereocenters. The van der Waals surface area contributed by atoms with Gasteiger partial charge in [-0.2, -0.15) is 0 Å². The van der Waals surface area contributed by atoms with Gasteiger partial charge < -0.3 is 4.74 Å². The highest BCUT2D eigenvalue weighted by atomic mass is 35.5. The Hall–Kier alpha value is -1.65. The van der Waals surface area contributed by atoms with E-state index in [0.717, 1.165) is 4.88 Å². The number of benzene rings is 1. The quantitative estimate of drug-likeness (QED) is 0.627. The Morgan fingerprint density at radius 2 is 1.89 bits per heavy atom. The lowest BCUT2D eigenvalue weighted by Crippen LogP contribution is -2.15. The van der Waals surface area contributed by atoms with Crippen molar-refractivity contribution >= 4 is 34.7 Å². The van der Waals surface area contributed by atoms with Gasteiger partial charge in [0.05, 0.1) is 6.42 Å². The topological polar surface area (TPSA) is 43.4 Å². The van der Waals surface area contributed by atoms with Crippen LogP contribution in [-0.4, -0.2) is 18.4 Å². The summed E-state index contributed by atoms with van der Waals surface area (Å²) < 4.78 is 4.95. The molecule has 3 nitrogen and oxygen atoms in total. The Bertz CT molecular complexity index is 561. The van der Waals surface area contributed by atoms with Gasteiger partial charge in [0.15, 0.2) is 12.4 Å². The summed E-state index contributed by atoms with van der Waals surface area (Å²) in [5.74, 6) is -0.638. The zero-order valence-corrected chi connectivity index (χ0v) is 11.5. The number of halogens is 1. The molecule has 2 rings (SSSR count). The van der Waals surface area contributed by atoms with E-state index in [9.17, 15) is 9.59 Å². The van der Waals surface area contributed by atoms with Crippen molar-refractivity contribution in [2.24, 2.45) is 0 Å². The van der Waals surface area contributed by atoms with Crippen molar-refractivity contribution in [2.75, 3.05) is 6.61 Å². The molecule has 0 aliphatic carbocycles. The number of esters is 1. The minimum Gasteiger partial charge on any atom is -0.457 e. The second-order valence-electron chi connectivity index (χ2n) is 3.85. The molecule has 19 heavy (non-hydrogen) atoms. The second-order valence-corrected chi connectivity index (χ2v) is 5.32. The molecule has 0 fully saturated rings. The van der Waals surface area contributed by atoms with Gasteiger partial charge in [0.1, 0.15) is 0 Å². The molecule has 1 aromatic carbocycles. The molecule has 0 amide bonds. The maximum absolute atomic E-state index is 11.7. The third-order valence-corrected chi connectivity index (χ3v) is 3.56.